The molecule has 4 nitrogen and oxygen atoms in total. The minimum atomic E-state index is -4.57. The number of rotatable bonds is 7. The first-order valence-electron chi connectivity index (χ1n) is 9.18. The highest BCUT2D eigenvalue weighted by molar-refractivity contribution is 6.33. The average molecular weight is 437 g/mol. The first-order valence-corrected chi connectivity index (χ1v) is 9.56. The Kier molecular flexibility index (Phi) is 6.53. The summed E-state index contributed by atoms with van der Waals surface area (Å²) in [5.41, 5.74) is 6.02. The van der Waals surface area contributed by atoms with E-state index in [1.807, 2.05) is 30.3 Å². The van der Waals surface area contributed by atoms with Crippen LogP contribution in [0, 0.1) is 6.92 Å². The molecule has 3 rings (SSSR count). The van der Waals surface area contributed by atoms with Crippen LogP contribution < -0.4 is 5.73 Å². The number of benzene rings is 2. The summed E-state index contributed by atoms with van der Waals surface area (Å²) in [6.45, 7) is 2.22. The second-order valence-corrected chi connectivity index (χ2v) is 7.09. The monoisotopic (exact) mass is 436 g/mol. The van der Waals surface area contributed by atoms with Crippen molar-refractivity contribution in [1.29, 1.82) is 0 Å². The molecule has 0 radical (unpaired) electrons. The Morgan fingerprint density at radius 2 is 1.73 bits per heavy atom. The van der Waals surface area contributed by atoms with Gasteiger partial charge in [-0.25, -0.2) is 0 Å². The van der Waals surface area contributed by atoms with E-state index in [1.54, 1.807) is 0 Å². The maximum absolute atomic E-state index is 13.6. The smallest absolute Gasteiger partial charge is 0.375 e. The van der Waals surface area contributed by atoms with E-state index < -0.39 is 17.6 Å². The van der Waals surface area contributed by atoms with Crippen LogP contribution in [0.4, 0.5) is 13.2 Å². The number of ether oxygens (including phenoxy) is 1. The van der Waals surface area contributed by atoms with Gasteiger partial charge in [-0.15, -0.1) is 0 Å². The number of hydrogen-bond donors (Lipinski definition) is 1. The molecule has 158 valence electrons. The van der Waals surface area contributed by atoms with Gasteiger partial charge in [0.1, 0.15) is 5.15 Å². The summed E-state index contributed by atoms with van der Waals surface area (Å²) in [6.07, 6.45) is -4.57. The van der Waals surface area contributed by atoms with E-state index in [2.05, 4.69) is 0 Å². The number of aromatic nitrogens is 1. The second-order valence-electron chi connectivity index (χ2n) is 6.74. The third-order valence-electron chi connectivity index (χ3n) is 4.75. The number of amides is 1. The van der Waals surface area contributed by atoms with Crippen molar-refractivity contribution in [2.75, 3.05) is 6.61 Å². The zero-order valence-electron chi connectivity index (χ0n) is 16.2. The quantitative estimate of drug-likeness (QED) is 0.500. The molecule has 0 aliphatic rings. The van der Waals surface area contributed by atoms with Crippen molar-refractivity contribution in [2.45, 2.75) is 26.3 Å². The van der Waals surface area contributed by atoms with Crippen LogP contribution in [0.1, 0.15) is 27.0 Å². The van der Waals surface area contributed by atoms with E-state index in [0.717, 1.165) is 11.6 Å². The lowest BCUT2D eigenvalue weighted by molar-refractivity contribution is -0.137. The highest BCUT2D eigenvalue weighted by Gasteiger charge is 2.35. The molecule has 30 heavy (non-hydrogen) atoms. The number of carbonyl (C=O) groups excluding carboxylic acids is 1. The third-order valence-corrected chi connectivity index (χ3v) is 5.14. The molecule has 2 aromatic carbocycles. The topological polar surface area (TPSA) is 57.2 Å². The maximum Gasteiger partial charge on any atom is 0.417 e. The SMILES string of the molecule is Cc1c(C(N)=O)c(Cl)n(CCOCc2ccccc2)c1-c1ccccc1C(F)(F)F. The van der Waals surface area contributed by atoms with Gasteiger partial charge in [-0.3, -0.25) is 4.79 Å². The molecule has 1 amide bonds. The number of primary amides is 1. The van der Waals surface area contributed by atoms with Crippen LogP contribution in [0.2, 0.25) is 5.15 Å². The fourth-order valence-electron chi connectivity index (χ4n) is 3.41. The van der Waals surface area contributed by atoms with Gasteiger partial charge in [0, 0.05) is 12.1 Å². The van der Waals surface area contributed by atoms with Gasteiger partial charge >= 0.3 is 6.18 Å². The molecule has 0 bridgehead atoms. The molecule has 1 heterocycles. The first-order chi connectivity index (χ1) is 14.2. The van der Waals surface area contributed by atoms with Crippen molar-refractivity contribution < 1.29 is 22.7 Å². The first kappa shape index (κ1) is 21.9. The Bertz CT molecular complexity index is 1050. The molecule has 0 atom stereocenters. The molecule has 0 spiro atoms. The van der Waals surface area contributed by atoms with Crippen LogP contribution in [0.25, 0.3) is 11.3 Å². The van der Waals surface area contributed by atoms with E-state index in [1.165, 1.54) is 29.7 Å². The number of carbonyl (C=O) groups is 1. The lowest BCUT2D eigenvalue weighted by atomic mass is 10.00. The van der Waals surface area contributed by atoms with Crippen LogP contribution in [0.15, 0.2) is 54.6 Å². The largest absolute Gasteiger partial charge is 0.417 e. The Morgan fingerprint density at radius 1 is 1.10 bits per heavy atom. The van der Waals surface area contributed by atoms with E-state index in [4.69, 9.17) is 22.1 Å². The molecule has 0 aliphatic heterocycles. The third kappa shape index (κ3) is 4.52. The van der Waals surface area contributed by atoms with Gasteiger partial charge < -0.3 is 15.0 Å². The minimum Gasteiger partial charge on any atom is -0.375 e. The van der Waals surface area contributed by atoms with Gasteiger partial charge in [-0.05, 0) is 24.1 Å². The normalized spacial score (nSPS) is 11.6. The van der Waals surface area contributed by atoms with E-state index >= 15 is 0 Å². The van der Waals surface area contributed by atoms with Crippen molar-refractivity contribution in [1.82, 2.24) is 4.57 Å². The van der Waals surface area contributed by atoms with Gasteiger partial charge in [0.25, 0.3) is 5.91 Å². The Labute approximate surface area is 177 Å². The zero-order valence-corrected chi connectivity index (χ0v) is 16.9. The Morgan fingerprint density at radius 3 is 2.37 bits per heavy atom. The predicted octanol–water partition coefficient (Wildman–Crippen LogP) is 5.45. The molecular weight excluding hydrogens is 417 g/mol. The molecule has 0 unspecified atom stereocenters. The molecule has 0 fully saturated rings. The molecule has 0 aliphatic carbocycles. The maximum atomic E-state index is 13.6. The molecule has 0 saturated heterocycles. The second kappa shape index (κ2) is 8.93. The Hall–Kier alpha value is -2.77. The predicted molar refractivity (Wildman–Crippen MR) is 109 cm³/mol. The lowest BCUT2D eigenvalue weighted by Gasteiger charge is -2.17. The van der Waals surface area contributed by atoms with Crippen molar-refractivity contribution in [3.63, 3.8) is 0 Å². The van der Waals surface area contributed by atoms with Crippen LogP contribution >= 0.6 is 11.6 Å². The van der Waals surface area contributed by atoms with Crippen LogP contribution in [0.5, 0.6) is 0 Å². The molecule has 0 saturated carbocycles. The molecule has 2 N–H and O–H groups in total. The fourth-order valence-corrected chi connectivity index (χ4v) is 3.81. The number of nitrogens with zero attached hydrogens (tertiary/aromatic N) is 1. The summed E-state index contributed by atoms with van der Waals surface area (Å²) >= 11 is 6.37. The van der Waals surface area contributed by atoms with Crippen molar-refractivity contribution >= 4 is 17.5 Å². The molecule has 3 aromatic rings. The summed E-state index contributed by atoms with van der Waals surface area (Å²) in [4.78, 5) is 11.9. The standard InChI is InChI=1S/C22H20ClF3N2O2/c1-14-18(21(27)29)20(23)28(11-12-30-13-15-7-3-2-4-8-15)19(14)16-9-5-6-10-17(16)22(24,25)26/h2-10H,11-13H2,1H3,(H2,27,29). The molecular formula is C22H20ClF3N2O2. The number of halogens is 4. The van der Waals surface area contributed by atoms with Gasteiger partial charge in [0.15, 0.2) is 0 Å². The van der Waals surface area contributed by atoms with E-state index in [-0.39, 0.29) is 35.1 Å². The van der Waals surface area contributed by atoms with Crippen molar-refractivity contribution in [2.24, 2.45) is 5.73 Å². The highest BCUT2D eigenvalue weighted by atomic mass is 35.5. The lowest BCUT2D eigenvalue weighted by Crippen LogP contribution is -2.13. The molecule has 8 heteroatoms. The zero-order chi connectivity index (χ0) is 21.9. The number of hydrogen-bond acceptors (Lipinski definition) is 2. The number of nitrogens with two attached hydrogens (primary N) is 1. The van der Waals surface area contributed by atoms with E-state index in [9.17, 15) is 18.0 Å². The summed E-state index contributed by atoms with van der Waals surface area (Å²) in [5, 5.41) is -0.00436. The van der Waals surface area contributed by atoms with Gasteiger partial charge in [0.2, 0.25) is 0 Å². The Balaban J connectivity index is 1.97. The average Bonchev–Trinajstić information content (AvgIpc) is 2.95. The summed E-state index contributed by atoms with van der Waals surface area (Å²) in [5.74, 6) is -0.799. The summed E-state index contributed by atoms with van der Waals surface area (Å²) in [7, 11) is 0. The van der Waals surface area contributed by atoms with Gasteiger partial charge in [0.05, 0.1) is 30.0 Å². The fraction of sp³-hybridized carbons (Fsp3) is 0.227. The van der Waals surface area contributed by atoms with Crippen molar-refractivity contribution in [3.8, 4) is 11.3 Å². The van der Waals surface area contributed by atoms with Crippen LogP contribution in [0.3, 0.4) is 0 Å². The summed E-state index contributed by atoms with van der Waals surface area (Å²) < 4.78 is 47.9. The highest BCUT2D eigenvalue weighted by Crippen LogP contribution is 2.41. The van der Waals surface area contributed by atoms with Crippen LogP contribution in [-0.4, -0.2) is 17.1 Å². The van der Waals surface area contributed by atoms with Crippen LogP contribution in [-0.2, 0) is 24.1 Å². The molecule has 1 aromatic heterocycles. The number of alkyl halides is 3. The van der Waals surface area contributed by atoms with Gasteiger partial charge in [-0.2, -0.15) is 13.2 Å². The van der Waals surface area contributed by atoms with Gasteiger partial charge in [-0.1, -0.05) is 60.1 Å². The van der Waals surface area contributed by atoms with Crippen molar-refractivity contribution in [3.05, 3.63) is 82.0 Å². The van der Waals surface area contributed by atoms with E-state index in [0.29, 0.717) is 12.2 Å². The minimum absolute atomic E-state index is 0.00436. The summed E-state index contributed by atoms with van der Waals surface area (Å²) in [6, 6.07) is 14.6.